The normalized spacial score (nSPS) is 26.8. The fraction of sp³-hybridized carbons (Fsp3) is 0.400. The molecule has 1 saturated heterocycles. The standard InChI is InChI=1S/C10H12N2O3/c13-6-1-2-7(8(5-6)10(14)15)9-11-3-4-12-9/h1-2,5,7,9,11-12H,3-4H2,(H,14,15). The van der Waals surface area contributed by atoms with Crippen molar-refractivity contribution in [3.05, 3.63) is 23.8 Å². The van der Waals surface area contributed by atoms with E-state index in [1.807, 2.05) is 0 Å². The van der Waals surface area contributed by atoms with Crippen LogP contribution >= 0.6 is 0 Å². The zero-order valence-corrected chi connectivity index (χ0v) is 8.06. The van der Waals surface area contributed by atoms with Crippen molar-refractivity contribution in [3.63, 3.8) is 0 Å². The molecule has 15 heavy (non-hydrogen) atoms. The van der Waals surface area contributed by atoms with Crippen molar-refractivity contribution in [3.8, 4) is 0 Å². The van der Waals surface area contributed by atoms with Crippen molar-refractivity contribution in [1.29, 1.82) is 0 Å². The van der Waals surface area contributed by atoms with E-state index < -0.39 is 5.97 Å². The van der Waals surface area contributed by atoms with Crippen molar-refractivity contribution in [1.82, 2.24) is 10.6 Å². The number of hydrogen-bond acceptors (Lipinski definition) is 4. The highest BCUT2D eigenvalue weighted by molar-refractivity contribution is 6.06. The number of nitrogens with one attached hydrogen (secondary N) is 2. The zero-order valence-electron chi connectivity index (χ0n) is 8.06. The highest BCUT2D eigenvalue weighted by atomic mass is 16.4. The second-order valence-corrected chi connectivity index (χ2v) is 3.58. The van der Waals surface area contributed by atoms with Gasteiger partial charge in [0.25, 0.3) is 0 Å². The molecule has 5 nitrogen and oxygen atoms in total. The Kier molecular flexibility index (Phi) is 2.66. The van der Waals surface area contributed by atoms with Crippen molar-refractivity contribution in [2.24, 2.45) is 5.92 Å². The molecule has 0 aromatic heterocycles. The minimum Gasteiger partial charge on any atom is -0.478 e. The average molecular weight is 208 g/mol. The van der Waals surface area contributed by atoms with Crippen LogP contribution < -0.4 is 10.6 Å². The van der Waals surface area contributed by atoms with Gasteiger partial charge in [-0.15, -0.1) is 0 Å². The van der Waals surface area contributed by atoms with Gasteiger partial charge in [-0.25, -0.2) is 4.79 Å². The Morgan fingerprint density at radius 2 is 2.07 bits per heavy atom. The average Bonchev–Trinajstić information content (AvgIpc) is 2.70. The summed E-state index contributed by atoms with van der Waals surface area (Å²) in [6, 6.07) is 0. The number of aliphatic carboxylic acids is 1. The van der Waals surface area contributed by atoms with Crippen LogP contribution in [-0.4, -0.2) is 36.1 Å². The van der Waals surface area contributed by atoms with Crippen LogP contribution in [0.2, 0.25) is 0 Å². The number of hydrogen-bond donors (Lipinski definition) is 3. The topological polar surface area (TPSA) is 78.4 Å². The fourth-order valence-electron chi connectivity index (χ4n) is 1.88. The summed E-state index contributed by atoms with van der Waals surface area (Å²) in [5, 5.41) is 15.3. The predicted octanol–water partition coefficient (Wildman–Crippen LogP) is -0.729. The van der Waals surface area contributed by atoms with Crippen LogP contribution in [0.1, 0.15) is 0 Å². The van der Waals surface area contributed by atoms with Gasteiger partial charge >= 0.3 is 5.97 Å². The number of carboxylic acid groups (broad SMARTS) is 1. The van der Waals surface area contributed by atoms with Crippen LogP contribution in [0.5, 0.6) is 0 Å². The Bertz CT molecular complexity index is 354. The molecule has 0 aromatic rings. The van der Waals surface area contributed by atoms with Crippen molar-refractivity contribution >= 4 is 11.8 Å². The second kappa shape index (κ2) is 3.96. The molecule has 2 rings (SSSR count). The monoisotopic (exact) mass is 208 g/mol. The van der Waals surface area contributed by atoms with E-state index in [1.54, 1.807) is 6.08 Å². The molecule has 2 aliphatic rings. The van der Waals surface area contributed by atoms with Crippen LogP contribution in [0, 0.1) is 5.92 Å². The molecule has 0 aromatic carbocycles. The molecule has 0 radical (unpaired) electrons. The Balaban J connectivity index is 2.22. The van der Waals surface area contributed by atoms with Gasteiger partial charge in [-0.2, -0.15) is 0 Å². The van der Waals surface area contributed by atoms with Gasteiger partial charge in [0.2, 0.25) is 0 Å². The van der Waals surface area contributed by atoms with Crippen LogP contribution in [-0.2, 0) is 9.59 Å². The van der Waals surface area contributed by atoms with Crippen LogP contribution in [0.15, 0.2) is 23.8 Å². The third-order valence-corrected chi connectivity index (χ3v) is 2.58. The summed E-state index contributed by atoms with van der Waals surface area (Å²) in [7, 11) is 0. The summed E-state index contributed by atoms with van der Waals surface area (Å²) in [5.41, 5.74) is 0.148. The number of rotatable bonds is 2. The number of carbonyl (C=O) groups is 2. The Hall–Kier alpha value is -1.46. The van der Waals surface area contributed by atoms with E-state index in [-0.39, 0.29) is 23.4 Å². The van der Waals surface area contributed by atoms with E-state index in [2.05, 4.69) is 10.6 Å². The van der Waals surface area contributed by atoms with Gasteiger partial charge in [0.1, 0.15) is 0 Å². The van der Waals surface area contributed by atoms with Crippen LogP contribution in [0.25, 0.3) is 0 Å². The Morgan fingerprint density at radius 1 is 1.40 bits per heavy atom. The molecule has 1 unspecified atom stereocenters. The predicted molar refractivity (Wildman–Crippen MR) is 53.1 cm³/mol. The number of carboxylic acids is 1. The highest BCUT2D eigenvalue weighted by Crippen LogP contribution is 2.21. The maximum atomic E-state index is 11.1. The van der Waals surface area contributed by atoms with Gasteiger partial charge in [0.05, 0.1) is 11.7 Å². The summed E-state index contributed by atoms with van der Waals surface area (Å²) in [6.45, 7) is 1.63. The summed E-state index contributed by atoms with van der Waals surface area (Å²) < 4.78 is 0. The molecule has 3 N–H and O–H groups in total. The first-order valence-corrected chi connectivity index (χ1v) is 4.82. The summed E-state index contributed by atoms with van der Waals surface area (Å²) >= 11 is 0. The lowest BCUT2D eigenvalue weighted by Crippen LogP contribution is -2.41. The molecular formula is C10H12N2O3. The maximum Gasteiger partial charge on any atom is 0.332 e. The maximum absolute atomic E-state index is 11.1. The lowest BCUT2D eigenvalue weighted by atomic mass is 9.90. The van der Waals surface area contributed by atoms with Crippen LogP contribution in [0.3, 0.4) is 0 Å². The molecule has 1 aliphatic heterocycles. The third kappa shape index (κ3) is 1.98. The van der Waals surface area contributed by atoms with Gasteiger partial charge in [-0.3, -0.25) is 15.4 Å². The number of ketones is 1. The van der Waals surface area contributed by atoms with Gasteiger partial charge in [-0.05, 0) is 12.2 Å². The lowest BCUT2D eigenvalue weighted by Gasteiger charge is -2.23. The molecule has 5 heteroatoms. The lowest BCUT2D eigenvalue weighted by molar-refractivity contribution is -0.133. The zero-order chi connectivity index (χ0) is 10.8. The van der Waals surface area contributed by atoms with Crippen molar-refractivity contribution in [2.75, 3.05) is 13.1 Å². The summed E-state index contributed by atoms with van der Waals surface area (Å²) in [5.74, 6) is -1.57. The van der Waals surface area contributed by atoms with E-state index in [0.29, 0.717) is 0 Å². The fourth-order valence-corrected chi connectivity index (χ4v) is 1.88. The molecule has 80 valence electrons. The van der Waals surface area contributed by atoms with Crippen molar-refractivity contribution in [2.45, 2.75) is 6.17 Å². The van der Waals surface area contributed by atoms with Crippen molar-refractivity contribution < 1.29 is 14.7 Å². The SMILES string of the molecule is O=C1C=CC(C2NCCN2)C(C(=O)O)=C1. The Morgan fingerprint density at radius 3 is 2.67 bits per heavy atom. The molecule has 1 atom stereocenters. The Labute approximate surface area is 86.8 Å². The quantitative estimate of drug-likeness (QED) is 0.557. The first kappa shape index (κ1) is 10.1. The van der Waals surface area contributed by atoms with E-state index in [9.17, 15) is 9.59 Å². The highest BCUT2D eigenvalue weighted by Gasteiger charge is 2.31. The first-order valence-electron chi connectivity index (χ1n) is 4.82. The van der Waals surface area contributed by atoms with Gasteiger partial charge in [0, 0.05) is 19.0 Å². The van der Waals surface area contributed by atoms with Crippen LogP contribution in [0.4, 0.5) is 0 Å². The smallest absolute Gasteiger partial charge is 0.332 e. The molecule has 1 fully saturated rings. The molecule has 0 bridgehead atoms. The number of carbonyl (C=O) groups excluding carboxylic acids is 1. The second-order valence-electron chi connectivity index (χ2n) is 3.58. The number of allylic oxidation sites excluding steroid dienone is 2. The summed E-state index contributed by atoms with van der Waals surface area (Å²) in [4.78, 5) is 22.0. The molecule has 0 spiro atoms. The third-order valence-electron chi connectivity index (χ3n) is 2.58. The minimum atomic E-state index is -1.03. The van der Waals surface area contributed by atoms with E-state index >= 15 is 0 Å². The van der Waals surface area contributed by atoms with E-state index in [1.165, 1.54) is 12.2 Å². The molecule has 0 amide bonds. The molecule has 1 heterocycles. The van der Waals surface area contributed by atoms with E-state index in [4.69, 9.17) is 5.11 Å². The van der Waals surface area contributed by atoms with Gasteiger partial charge in [-0.1, -0.05) is 6.08 Å². The molecular weight excluding hydrogens is 196 g/mol. The molecule has 1 aliphatic carbocycles. The largest absolute Gasteiger partial charge is 0.478 e. The first-order chi connectivity index (χ1) is 7.18. The molecule has 0 saturated carbocycles. The van der Waals surface area contributed by atoms with Gasteiger partial charge < -0.3 is 5.11 Å². The summed E-state index contributed by atoms with van der Waals surface area (Å²) in [6.07, 6.45) is 4.16. The van der Waals surface area contributed by atoms with Gasteiger partial charge in [0.15, 0.2) is 5.78 Å². The van der Waals surface area contributed by atoms with E-state index in [0.717, 1.165) is 13.1 Å². The minimum absolute atomic E-state index is 0.0864.